The van der Waals surface area contributed by atoms with Gasteiger partial charge in [-0.05, 0) is 50.2 Å². The Kier molecular flexibility index (Phi) is 4.84. The van der Waals surface area contributed by atoms with Gasteiger partial charge in [0, 0.05) is 19.0 Å². The molecule has 6 nitrogen and oxygen atoms in total. The molecule has 0 radical (unpaired) electrons. The maximum absolute atomic E-state index is 12.9. The molecule has 4 rings (SSSR count). The smallest absolute Gasteiger partial charge is 0.255 e. The number of aliphatic hydroxyl groups excluding tert-OH is 1. The molecule has 2 heterocycles. The molecule has 1 saturated heterocycles. The first kappa shape index (κ1) is 18.3. The van der Waals surface area contributed by atoms with Crippen LogP contribution in [0.5, 0.6) is 5.75 Å². The lowest BCUT2D eigenvalue weighted by molar-refractivity contribution is -0.141. The minimum atomic E-state index is -0.426. The van der Waals surface area contributed by atoms with E-state index in [1.165, 1.54) is 0 Å². The van der Waals surface area contributed by atoms with Gasteiger partial charge in [0.25, 0.3) is 5.91 Å². The fourth-order valence-electron chi connectivity index (χ4n) is 4.61. The van der Waals surface area contributed by atoms with Crippen LogP contribution in [0.4, 0.5) is 0 Å². The van der Waals surface area contributed by atoms with Crippen LogP contribution < -0.4 is 10.1 Å². The SMILES string of the molecule is CC1CN(C(=O)C2CCC3(CC2)CNC(=O)c2ccccc2O3)CCC1O. The normalized spacial score (nSPS) is 33.6. The van der Waals surface area contributed by atoms with Crippen molar-refractivity contribution in [2.45, 2.75) is 50.7 Å². The number of piperidine rings is 1. The summed E-state index contributed by atoms with van der Waals surface area (Å²) < 4.78 is 6.32. The number of nitrogens with zero attached hydrogens (tertiary/aromatic N) is 1. The molecule has 146 valence electrons. The number of likely N-dealkylation sites (tertiary alicyclic amines) is 1. The van der Waals surface area contributed by atoms with E-state index in [9.17, 15) is 14.7 Å². The maximum atomic E-state index is 12.9. The largest absolute Gasteiger partial charge is 0.485 e. The maximum Gasteiger partial charge on any atom is 0.255 e. The third-order valence-corrected chi connectivity index (χ3v) is 6.45. The molecule has 0 bridgehead atoms. The molecule has 1 aliphatic carbocycles. The van der Waals surface area contributed by atoms with E-state index in [1.807, 2.05) is 30.0 Å². The molecule has 2 fully saturated rings. The van der Waals surface area contributed by atoms with Crippen molar-refractivity contribution in [2.75, 3.05) is 19.6 Å². The van der Waals surface area contributed by atoms with E-state index in [1.54, 1.807) is 6.07 Å². The van der Waals surface area contributed by atoms with Gasteiger partial charge < -0.3 is 20.1 Å². The highest BCUT2D eigenvalue weighted by atomic mass is 16.5. The van der Waals surface area contributed by atoms with E-state index in [2.05, 4.69) is 5.32 Å². The molecule has 1 aromatic carbocycles. The van der Waals surface area contributed by atoms with Gasteiger partial charge in [-0.15, -0.1) is 0 Å². The molecule has 27 heavy (non-hydrogen) atoms. The number of rotatable bonds is 1. The van der Waals surface area contributed by atoms with E-state index in [4.69, 9.17) is 4.74 Å². The number of fused-ring (bicyclic) bond motifs is 1. The van der Waals surface area contributed by atoms with Crippen molar-refractivity contribution in [3.05, 3.63) is 29.8 Å². The summed E-state index contributed by atoms with van der Waals surface area (Å²) in [5.41, 5.74) is 0.151. The summed E-state index contributed by atoms with van der Waals surface area (Å²) in [6.07, 6.45) is 3.41. The predicted octanol–water partition coefficient (Wildman–Crippen LogP) is 1.97. The number of benzene rings is 1. The Hall–Kier alpha value is -2.08. The van der Waals surface area contributed by atoms with Gasteiger partial charge in [0.15, 0.2) is 0 Å². The molecule has 0 aromatic heterocycles. The fourth-order valence-corrected chi connectivity index (χ4v) is 4.61. The van der Waals surface area contributed by atoms with Crippen LogP contribution in [0.2, 0.25) is 0 Å². The lowest BCUT2D eigenvalue weighted by atomic mass is 9.77. The standard InChI is InChI=1S/C21H28N2O4/c1-14-12-23(11-8-17(14)24)20(26)15-6-9-21(10-7-15)13-22-19(25)16-4-2-3-5-18(16)27-21/h2-5,14-15,17,24H,6-13H2,1H3,(H,22,25). The van der Waals surface area contributed by atoms with Gasteiger partial charge in [0.2, 0.25) is 5.91 Å². The number of carbonyl (C=O) groups excluding carboxylic acids is 2. The number of aliphatic hydroxyl groups is 1. The molecule has 1 aromatic rings. The molecule has 2 aliphatic heterocycles. The Bertz CT molecular complexity index is 727. The summed E-state index contributed by atoms with van der Waals surface area (Å²) in [7, 11) is 0. The van der Waals surface area contributed by atoms with Crippen molar-refractivity contribution in [1.29, 1.82) is 0 Å². The van der Waals surface area contributed by atoms with Crippen LogP contribution in [0.25, 0.3) is 0 Å². The molecule has 2 N–H and O–H groups in total. The summed E-state index contributed by atoms with van der Waals surface area (Å²) in [5.74, 6) is 0.893. The van der Waals surface area contributed by atoms with Gasteiger partial charge in [-0.2, -0.15) is 0 Å². The van der Waals surface area contributed by atoms with Crippen LogP contribution >= 0.6 is 0 Å². The van der Waals surface area contributed by atoms with Gasteiger partial charge >= 0.3 is 0 Å². The second-order valence-electron chi connectivity index (χ2n) is 8.36. The van der Waals surface area contributed by atoms with E-state index in [-0.39, 0.29) is 29.8 Å². The van der Waals surface area contributed by atoms with Crippen LogP contribution in [0, 0.1) is 11.8 Å². The molecule has 2 atom stereocenters. The van der Waals surface area contributed by atoms with Crippen molar-refractivity contribution in [2.24, 2.45) is 11.8 Å². The zero-order valence-corrected chi connectivity index (χ0v) is 15.8. The highest BCUT2D eigenvalue weighted by molar-refractivity contribution is 5.97. The number of hydrogen-bond donors (Lipinski definition) is 2. The minimum absolute atomic E-state index is 0.0101. The summed E-state index contributed by atoms with van der Waals surface area (Å²) in [6, 6.07) is 7.35. The van der Waals surface area contributed by atoms with Crippen molar-refractivity contribution >= 4 is 11.8 Å². The summed E-state index contributed by atoms with van der Waals surface area (Å²) in [6.45, 7) is 3.77. The van der Waals surface area contributed by atoms with E-state index in [0.717, 1.165) is 25.7 Å². The number of para-hydroxylation sites is 1. The molecule has 1 saturated carbocycles. The molecular weight excluding hydrogens is 344 g/mol. The van der Waals surface area contributed by atoms with Crippen LogP contribution in [0.3, 0.4) is 0 Å². The molecule has 3 aliphatic rings. The Morgan fingerprint density at radius 1 is 1.26 bits per heavy atom. The molecule has 2 amide bonds. The Balaban J connectivity index is 1.41. The first-order valence-electron chi connectivity index (χ1n) is 10.0. The van der Waals surface area contributed by atoms with Gasteiger partial charge in [0.05, 0.1) is 18.2 Å². The second-order valence-corrected chi connectivity index (χ2v) is 8.36. The zero-order chi connectivity index (χ0) is 19.0. The Labute approximate surface area is 159 Å². The van der Waals surface area contributed by atoms with Crippen molar-refractivity contribution < 1.29 is 19.4 Å². The van der Waals surface area contributed by atoms with E-state index >= 15 is 0 Å². The van der Waals surface area contributed by atoms with Crippen molar-refractivity contribution in [3.63, 3.8) is 0 Å². The second kappa shape index (κ2) is 7.15. The van der Waals surface area contributed by atoms with E-state index in [0.29, 0.717) is 37.4 Å². The van der Waals surface area contributed by atoms with Crippen LogP contribution in [-0.2, 0) is 4.79 Å². The van der Waals surface area contributed by atoms with Crippen LogP contribution in [0.15, 0.2) is 24.3 Å². The minimum Gasteiger partial charge on any atom is -0.485 e. The third-order valence-electron chi connectivity index (χ3n) is 6.45. The monoisotopic (exact) mass is 372 g/mol. The summed E-state index contributed by atoms with van der Waals surface area (Å²) in [5, 5.41) is 12.9. The lowest BCUT2D eigenvalue weighted by Crippen LogP contribution is -2.51. The number of hydrogen-bond acceptors (Lipinski definition) is 4. The Morgan fingerprint density at radius 3 is 2.74 bits per heavy atom. The van der Waals surface area contributed by atoms with Gasteiger partial charge in [0.1, 0.15) is 11.4 Å². The molecule has 1 spiro atoms. The average molecular weight is 372 g/mol. The van der Waals surface area contributed by atoms with Crippen LogP contribution in [0.1, 0.15) is 49.4 Å². The molecular formula is C21H28N2O4. The number of amides is 2. The highest BCUT2D eigenvalue weighted by Gasteiger charge is 2.43. The fraction of sp³-hybridized carbons (Fsp3) is 0.619. The average Bonchev–Trinajstić information content (AvgIpc) is 2.81. The quantitative estimate of drug-likeness (QED) is 0.790. The lowest BCUT2D eigenvalue weighted by Gasteiger charge is -2.41. The van der Waals surface area contributed by atoms with Gasteiger partial charge in [-0.3, -0.25) is 9.59 Å². The summed E-state index contributed by atoms with van der Waals surface area (Å²) in [4.78, 5) is 27.1. The van der Waals surface area contributed by atoms with Crippen LogP contribution in [-0.4, -0.2) is 53.2 Å². The number of nitrogens with one attached hydrogen (secondary N) is 1. The first-order valence-corrected chi connectivity index (χ1v) is 10.0. The first-order chi connectivity index (χ1) is 13.0. The Morgan fingerprint density at radius 2 is 2.00 bits per heavy atom. The summed E-state index contributed by atoms with van der Waals surface area (Å²) >= 11 is 0. The van der Waals surface area contributed by atoms with E-state index < -0.39 is 5.60 Å². The van der Waals surface area contributed by atoms with Crippen molar-refractivity contribution in [3.8, 4) is 5.75 Å². The number of ether oxygens (including phenoxy) is 1. The zero-order valence-electron chi connectivity index (χ0n) is 15.8. The van der Waals surface area contributed by atoms with Crippen molar-refractivity contribution in [1.82, 2.24) is 10.2 Å². The van der Waals surface area contributed by atoms with Gasteiger partial charge in [-0.1, -0.05) is 19.1 Å². The predicted molar refractivity (Wildman–Crippen MR) is 100 cm³/mol. The molecule has 6 heteroatoms. The third kappa shape index (κ3) is 3.55. The molecule has 2 unspecified atom stereocenters. The topological polar surface area (TPSA) is 78.9 Å². The number of carbonyl (C=O) groups is 2. The highest BCUT2D eigenvalue weighted by Crippen LogP contribution is 2.39. The van der Waals surface area contributed by atoms with Gasteiger partial charge in [-0.25, -0.2) is 0 Å².